The number of carbonyl (C=O) groups is 1. The second kappa shape index (κ2) is 8.48. The van der Waals surface area contributed by atoms with Crippen LogP contribution in [0.1, 0.15) is 40.0 Å². The summed E-state index contributed by atoms with van der Waals surface area (Å²) in [5.41, 5.74) is 0. The fraction of sp³-hybridized carbons (Fsp3) is 0.929. The third-order valence-electron chi connectivity index (χ3n) is 3.35. The molecule has 0 radical (unpaired) electrons. The summed E-state index contributed by atoms with van der Waals surface area (Å²) < 4.78 is 5.43. The zero-order valence-corrected chi connectivity index (χ0v) is 12.0. The summed E-state index contributed by atoms with van der Waals surface area (Å²) in [6.07, 6.45) is 3.04. The lowest BCUT2D eigenvalue weighted by Crippen LogP contribution is -2.43. The van der Waals surface area contributed by atoms with Crippen molar-refractivity contribution in [2.24, 2.45) is 11.8 Å². The minimum atomic E-state index is 0.134. The predicted molar refractivity (Wildman–Crippen MR) is 73.5 cm³/mol. The number of hydrogen-bond donors (Lipinski definition) is 2. The maximum Gasteiger partial charge on any atom is 0.221 e. The van der Waals surface area contributed by atoms with E-state index in [2.05, 4.69) is 31.4 Å². The lowest BCUT2D eigenvalue weighted by atomic mass is 9.90. The number of carbonyl (C=O) groups excluding carboxylic acids is 1. The van der Waals surface area contributed by atoms with E-state index in [1.807, 2.05) is 0 Å². The summed E-state index contributed by atoms with van der Waals surface area (Å²) >= 11 is 0. The Morgan fingerprint density at radius 2 is 2.28 bits per heavy atom. The summed E-state index contributed by atoms with van der Waals surface area (Å²) in [5.74, 6) is 1.28. The molecule has 1 amide bonds. The summed E-state index contributed by atoms with van der Waals surface area (Å²) in [6, 6.07) is 0.343. The van der Waals surface area contributed by atoms with E-state index in [-0.39, 0.29) is 5.91 Å². The van der Waals surface area contributed by atoms with E-state index in [4.69, 9.17) is 4.74 Å². The van der Waals surface area contributed by atoms with E-state index in [1.165, 1.54) is 12.8 Å². The third kappa shape index (κ3) is 6.36. The number of hydrogen-bond acceptors (Lipinski definition) is 3. The molecule has 1 rings (SSSR count). The summed E-state index contributed by atoms with van der Waals surface area (Å²) in [6.45, 7) is 9.49. The van der Waals surface area contributed by atoms with E-state index in [0.717, 1.165) is 13.2 Å². The van der Waals surface area contributed by atoms with Crippen molar-refractivity contribution in [3.8, 4) is 0 Å². The Balaban J connectivity index is 2.06. The molecule has 1 saturated heterocycles. The smallest absolute Gasteiger partial charge is 0.221 e. The predicted octanol–water partition coefficient (Wildman–Crippen LogP) is 1.55. The summed E-state index contributed by atoms with van der Waals surface area (Å²) in [5, 5.41) is 6.34. The number of piperidine rings is 1. The van der Waals surface area contributed by atoms with Crippen molar-refractivity contribution in [3.63, 3.8) is 0 Å². The topological polar surface area (TPSA) is 50.4 Å². The lowest BCUT2D eigenvalue weighted by molar-refractivity contribution is -0.122. The fourth-order valence-electron chi connectivity index (χ4n) is 2.24. The van der Waals surface area contributed by atoms with Gasteiger partial charge in [0, 0.05) is 25.6 Å². The van der Waals surface area contributed by atoms with Gasteiger partial charge < -0.3 is 15.4 Å². The van der Waals surface area contributed by atoms with Gasteiger partial charge in [-0.1, -0.05) is 20.8 Å². The van der Waals surface area contributed by atoms with E-state index < -0.39 is 0 Å². The number of nitrogens with one attached hydrogen (secondary N) is 2. The zero-order valence-electron chi connectivity index (χ0n) is 12.0. The molecule has 0 spiro atoms. The van der Waals surface area contributed by atoms with Crippen molar-refractivity contribution in [1.82, 2.24) is 10.6 Å². The van der Waals surface area contributed by atoms with E-state index in [9.17, 15) is 4.79 Å². The highest BCUT2D eigenvalue weighted by molar-refractivity contribution is 5.76. The fourth-order valence-corrected chi connectivity index (χ4v) is 2.24. The second-order valence-electron chi connectivity index (χ2n) is 5.70. The molecule has 0 aromatic carbocycles. The van der Waals surface area contributed by atoms with Crippen LogP contribution in [0.3, 0.4) is 0 Å². The molecule has 2 unspecified atom stereocenters. The average molecular weight is 256 g/mol. The van der Waals surface area contributed by atoms with Crippen molar-refractivity contribution in [2.75, 3.05) is 26.3 Å². The van der Waals surface area contributed by atoms with Gasteiger partial charge in [-0.25, -0.2) is 0 Å². The van der Waals surface area contributed by atoms with E-state index in [0.29, 0.717) is 37.5 Å². The van der Waals surface area contributed by atoms with Gasteiger partial charge in [0.05, 0.1) is 6.61 Å². The second-order valence-corrected chi connectivity index (χ2v) is 5.70. The SMILES string of the molecule is CC(C)COCCNC(=O)CC1NCCCC1C. The first-order valence-corrected chi connectivity index (χ1v) is 7.17. The Morgan fingerprint density at radius 1 is 1.50 bits per heavy atom. The first kappa shape index (κ1) is 15.4. The molecule has 1 fully saturated rings. The summed E-state index contributed by atoms with van der Waals surface area (Å²) in [7, 11) is 0. The molecule has 18 heavy (non-hydrogen) atoms. The van der Waals surface area contributed by atoms with Gasteiger partial charge >= 0.3 is 0 Å². The van der Waals surface area contributed by atoms with Crippen LogP contribution in [0.25, 0.3) is 0 Å². The van der Waals surface area contributed by atoms with Crippen LogP contribution < -0.4 is 10.6 Å². The number of rotatable bonds is 7. The molecule has 1 heterocycles. The maximum atomic E-state index is 11.7. The molecule has 0 bridgehead atoms. The maximum absolute atomic E-state index is 11.7. The molecule has 2 N–H and O–H groups in total. The van der Waals surface area contributed by atoms with Crippen molar-refractivity contribution >= 4 is 5.91 Å². The van der Waals surface area contributed by atoms with Crippen LogP contribution in [-0.2, 0) is 9.53 Å². The first-order valence-electron chi connectivity index (χ1n) is 7.17. The molecule has 1 aliphatic rings. The van der Waals surface area contributed by atoms with Crippen LogP contribution >= 0.6 is 0 Å². The standard InChI is InChI=1S/C14H28N2O2/c1-11(2)10-18-8-7-16-14(17)9-13-12(3)5-4-6-15-13/h11-13,15H,4-10H2,1-3H3,(H,16,17). The van der Waals surface area contributed by atoms with E-state index in [1.54, 1.807) is 0 Å². The first-order chi connectivity index (χ1) is 8.59. The molecule has 0 saturated carbocycles. The minimum absolute atomic E-state index is 0.134. The van der Waals surface area contributed by atoms with Crippen LogP contribution in [0.15, 0.2) is 0 Å². The average Bonchev–Trinajstić information content (AvgIpc) is 2.31. The Morgan fingerprint density at radius 3 is 2.94 bits per heavy atom. The van der Waals surface area contributed by atoms with Crippen LogP contribution in [0, 0.1) is 11.8 Å². The van der Waals surface area contributed by atoms with Crippen molar-refractivity contribution in [1.29, 1.82) is 0 Å². The third-order valence-corrected chi connectivity index (χ3v) is 3.35. The molecule has 4 nitrogen and oxygen atoms in total. The highest BCUT2D eigenvalue weighted by Crippen LogP contribution is 2.17. The molecule has 106 valence electrons. The molecule has 1 aliphatic heterocycles. The van der Waals surface area contributed by atoms with Gasteiger partial charge in [0.1, 0.15) is 0 Å². The van der Waals surface area contributed by atoms with Gasteiger partial charge in [-0.15, -0.1) is 0 Å². The lowest BCUT2D eigenvalue weighted by Gasteiger charge is -2.29. The van der Waals surface area contributed by atoms with Gasteiger partial charge in [-0.05, 0) is 31.2 Å². The monoisotopic (exact) mass is 256 g/mol. The minimum Gasteiger partial charge on any atom is -0.379 e. The normalized spacial score (nSPS) is 24.2. The number of ether oxygens (including phenoxy) is 1. The molecule has 0 aliphatic carbocycles. The number of amides is 1. The van der Waals surface area contributed by atoms with Crippen LogP contribution in [0.5, 0.6) is 0 Å². The Bertz CT molecular complexity index is 244. The highest BCUT2D eigenvalue weighted by atomic mass is 16.5. The Hall–Kier alpha value is -0.610. The van der Waals surface area contributed by atoms with Crippen molar-refractivity contribution < 1.29 is 9.53 Å². The van der Waals surface area contributed by atoms with Crippen LogP contribution in [-0.4, -0.2) is 38.3 Å². The van der Waals surface area contributed by atoms with Gasteiger partial charge in [0.25, 0.3) is 0 Å². The molecule has 2 atom stereocenters. The molecule has 4 heteroatoms. The molecule has 0 aromatic rings. The molecule has 0 aromatic heterocycles. The molecular formula is C14H28N2O2. The van der Waals surface area contributed by atoms with E-state index >= 15 is 0 Å². The largest absolute Gasteiger partial charge is 0.379 e. The van der Waals surface area contributed by atoms with Gasteiger partial charge in [-0.3, -0.25) is 4.79 Å². The Labute approximate surface area is 111 Å². The zero-order chi connectivity index (χ0) is 13.4. The van der Waals surface area contributed by atoms with Gasteiger partial charge in [0.2, 0.25) is 5.91 Å². The van der Waals surface area contributed by atoms with Gasteiger partial charge in [0.15, 0.2) is 0 Å². The van der Waals surface area contributed by atoms with Crippen molar-refractivity contribution in [3.05, 3.63) is 0 Å². The van der Waals surface area contributed by atoms with Crippen LogP contribution in [0.2, 0.25) is 0 Å². The quantitative estimate of drug-likeness (QED) is 0.680. The van der Waals surface area contributed by atoms with Crippen LogP contribution in [0.4, 0.5) is 0 Å². The summed E-state index contributed by atoms with van der Waals surface area (Å²) in [4.78, 5) is 11.7. The van der Waals surface area contributed by atoms with Gasteiger partial charge in [-0.2, -0.15) is 0 Å². The molecular weight excluding hydrogens is 228 g/mol. The Kier molecular flexibility index (Phi) is 7.28. The van der Waals surface area contributed by atoms with Crippen molar-refractivity contribution in [2.45, 2.75) is 46.1 Å². The highest BCUT2D eigenvalue weighted by Gasteiger charge is 2.22.